The number of anilines is 1. The van der Waals surface area contributed by atoms with Gasteiger partial charge in [-0.1, -0.05) is 42.5 Å². The monoisotopic (exact) mass is 297 g/mol. The van der Waals surface area contributed by atoms with Gasteiger partial charge in [-0.15, -0.1) is 0 Å². The molecular weight excluding hydrogens is 281 g/mol. The van der Waals surface area contributed by atoms with E-state index in [0.717, 1.165) is 11.6 Å². The highest BCUT2D eigenvalue weighted by atomic mass is 16.4. The Morgan fingerprint density at radius 1 is 1.14 bits per heavy atom. The number of hydrogen-bond donors (Lipinski definition) is 4. The van der Waals surface area contributed by atoms with Crippen LogP contribution in [0.3, 0.4) is 0 Å². The van der Waals surface area contributed by atoms with Gasteiger partial charge in [0.25, 0.3) is 0 Å². The van der Waals surface area contributed by atoms with Gasteiger partial charge in [0.1, 0.15) is 0 Å². The molecule has 2 aromatic rings. The SMILES string of the molecule is O=C(O)/C=C/c1ccc(B(O)O)cc1NCc1ccccc1. The van der Waals surface area contributed by atoms with Gasteiger partial charge in [0, 0.05) is 18.3 Å². The summed E-state index contributed by atoms with van der Waals surface area (Å²) in [5, 5.41) is 30.4. The Labute approximate surface area is 128 Å². The van der Waals surface area contributed by atoms with Gasteiger partial charge in [-0.2, -0.15) is 0 Å². The van der Waals surface area contributed by atoms with Crippen molar-refractivity contribution < 1.29 is 19.9 Å². The lowest BCUT2D eigenvalue weighted by molar-refractivity contribution is -0.131. The van der Waals surface area contributed by atoms with E-state index in [1.165, 1.54) is 6.08 Å². The number of rotatable bonds is 6. The van der Waals surface area contributed by atoms with Crippen molar-refractivity contribution in [2.45, 2.75) is 6.54 Å². The molecule has 2 aromatic carbocycles. The van der Waals surface area contributed by atoms with Crippen LogP contribution in [0.15, 0.2) is 54.6 Å². The summed E-state index contributed by atoms with van der Waals surface area (Å²) in [7, 11) is -1.57. The molecule has 2 rings (SSSR count). The predicted molar refractivity (Wildman–Crippen MR) is 86.7 cm³/mol. The Bertz CT molecular complexity index is 671. The maximum Gasteiger partial charge on any atom is 0.488 e. The molecule has 0 aromatic heterocycles. The highest BCUT2D eigenvalue weighted by Gasteiger charge is 2.12. The van der Waals surface area contributed by atoms with Crippen molar-refractivity contribution in [1.82, 2.24) is 0 Å². The van der Waals surface area contributed by atoms with Gasteiger partial charge in [-0.25, -0.2) is 4.79 Å². The number of nitrogens with one attached hydrogen (secondary N) is 1. The third-order valence-electron chi connectivity index (χ3n) is 3.11. The normalized spacial score (nSPS) is 10.6. The minimum absolute atomic E-state index is 0.336. The van der Waals surface area contributed by atoms with E-state index in [1.54, 1.807) is 18.2 Å². The van der Waals surface area contributed by atoms with Crippen molar-refractivity contribution in [3.8, 4) is 0 Å². The van der Waals surface area contributed by atoms with Crippen molar-refractivity contribution in [1.29, 1.82) is 0 Å². The summed E-state index contributed by atoms with van der Waals surface area (Å²) >= 11 is 0. The first-order valence-corrected chi connectivity index (χ1v) is 6.75. The smallest absolute Gasteiger partial charge is 0.478 e. The second-order valence-corrected chi connectivity index (χ2v) is 4.73. The average Bonchev–Trinajstić information content (AvgIpc) is 2.52. The van der Waals surface area contributed by atoms with Crippen LogP contribution >= 0.6 is 0 Å². The molecule has 4 N–H and O–H groups in total. The summed E-state index contributed by atoms with van der Waals surface area (Å²) in [5.41, 5.74) is 2.68. The fourth-order valence-electron chi connectivity index (χ4n) is 1.99. The summed E-state index contributed by atoms with van der Waals surface area (Å²) in [6.07, 6.45) is 2.50. The van der Waals surface area contributed by atoms with Crippen LogP contribution in [0, 0.1) is 0 Å². The quantitative estimate of drug-likeness (QED) is 0.473. The van der Waals surface area contributed by atoms with Gasteiger partial charge in [0.05, 0.1) is 0 Å². The Morgan fingerprint density at radius 3 is 2.50 bits per heavy atom. The summed E-state index contributed by atoms with van der Waals surface area (Å²) in [4.78, 5) is 10.7. The molecule has 0 aliphatic heterocycles. The molecule has 112 valence electrons. The first-order chi connectivity index (χ1) is 10.6. The molecule has 0 spiro atoms. The zero-order valence-electron chi connectivity index (χ0n) is 11.8. The second kappa shape index (κ2) is 7.45. The third-order valence-corrected chi connectivity index (χ3v) is 3.11. The lowest BCUT2D eigenvalue weighted by Gasteiger charge is -2.12. The lowest BCUT2D eigenvalue weighted by atomic mass is 9.79. The average molecular weight is 297 g/mol. The van der Waals surface area contributed by atoms with E-state index >= 15 is 0 Å². The molecule has 0 aliphatic carbocycles. The highest BCUT2D eigenvalue weighted by molar-refractivity contribution is 6.58. The van der Waals surface area contributed by atoms with E-state index in [4.69, 9.17) is 5.11 Å². The zero-order valence-corrected chi connectivity index (χ0v) is 11.8. The standard InChI is InChI=1S/C16H16BNO4/c19-16(20)9-7-13-6-8-14(17(21)22)10-15(13)18-11-12-4-2-1-3-5-12/h1-10,18,21-22H,11H2,(H,19,20)/b9-7+. The number of aliphatic carboxylic acids is 1. The van der Waals surface area contributed by atoms with Gasteiger partial charge >= 0.3 is 13.1 Å². The minimum Gasteiger partial charge on any atom is -0.478 e. The molecule has 6 heteroatoms. The molecule has 0 amide bonds. The van der Waals surface area contributed by atoms with E-state index in [1.807, 2.05) is 30.3 Å². The molecule has 0 atom stereocenters. The van der Waals surface area contributed by atoms with Crippen molar-refractivity contribution in [3.05, 3.63) is 65.7 Å². The van der Waals surface area contributed by atoms with Crippen LogP contribution in [0.5, 0.6) is 0 Å². The number of carboxylic acids is 1. The fourth-order valence-corrected chi connectivity index (χ4v) is 1.99. The summed E-state index contributed by atoms with van der Waals surface area (Å²) in [6, 6.07) is 14.5. The maximum absolute atomic E-state index is 10.7. The second-order valence-electron chi connectivity index (χ2n) is 4.73. The Kier molecular flexibility index (Phi) is 5.35. The van der Waals surface area contributed by atoms with Crippen molar-refractivity contribution in [2.24, 2.45) is 0 Å². The first kappa shape index (κ1) is 15.8. The Morgan fingerprint density at radius 2 is 1.86 bits per heavy atom. The molecule has 0 bridgehead atoms. The summed E-state index contributed by atoms with van der Waals surface area (Å²) in [6.45, 7) is 0.541. The summed E-state index contributed by atoms with van der Waals surface area (Å²) in [5.74, 6) is -1.04. The van der Waals surface area contributed by atoms with Gasteiger partial charge in [0.15, 0.2) is 0 Å². The molecule has 0 radical (unpaired) electrons. The van der Waals surface area contributed by atoms with Gasteiger partial charge in [-0.3, -0.25) is 0 Å². The molecule has 0 saturated heterocycles. The predicted octanol–water partition coefficient (Wildman–Crippen LogP) is 1.08. The van der Waals surface area contributed by atoms with Crippen LogP contribution in [0.4, 0.5) is 5.69 Å². The summed E-state index contributed by atoms with van der Waals surface area (Å²) < 4.78 is 0. The van der Waals surface area contributed by atoms with E-state index in [0.29, 0.717) is 23.3 Å². The van der Waals surface area contributed by atoms with E-state index in [9.17, 15) is 14.8 Å². The van der Waals surface area contributed by atoms with Crippen LogP contribution in [0.2, 0.25) is 0 Å². The van der Waals surface area contributed by atoms with E-state index < -0.39 is 13.1 Å². The zero-order chi connectivity index (χ0) is 15.9. The van der Waals surface area contributed by atoms with E-state index in [2.05, 4.69) is 5.32 Å². The van der Waals surface area contributed by atoms with Crippen molar-refractivity contribution in [3.63, 3.8) is 0 Å². The molecule has 0 aliphatic rings. The van der Waals surface area contributed by atoms with Crippen LogP contribution in [0.1, 0.15) is 11.1 Å². The van der Waals surface area contributed by atoms with E-state index in [-0.39, 0.29) is 0 Å². The molecule has 0 fully saturated rings. The van der Waals surface area contributed by atoms with Gasteiger partial charge in [0.2, 0.25) is 0 Å². The molecule has 5 nitrogen and oxygen atoms in total. The Balaban J connectivity index is 2.24. The van der Waals surface area contributed by atoms with Crippen LogP contribution < -0.4 is 10.8 Å². The molecule has 0 heterocycles. The fraction of sp³-hybridized carbons (Fsp3) is 0.0625. The number of carboxylic acid groups (broad SMARTS) is 1. The third kappa shape index (κ3) is 4.48. The highest BCUT2D eigenvalue weighted by Crippen LogP contribution is 2.17. The van der Waals surface area contributed by atoms with Crippen LogP contribution in [-0.2, 0) is 11.3 Å². The molecule has 0 saturated carbocycles. The van der Waals surface area contributed by atoms with Gasteiger partial charge < -0.3 is 20.5 Å². The maximum atomic E-state index is 10.7. The number of carbonyl (C=O) groups is 1. The molecule has 0 unspecified atom stereocenters. The van der Waals surface area contributed by atoms with Crippen molar-refractivity contribution >= 4 is 30.3 Å². The van der Waals surface area contributed by atoms with Crippen molar-refractivity contribution in [2.75, 3.05) is 5.32 Å². The number of benzene rings is 2. The largest absolute Gasteiger partial charge is 0.488 e. The van der Waals surface area contributed by atoms with Crippen LogP contribution in [0.25, 0.3) is 6.08 Å². The van der Waals surface area contributed by atoms with Crippen LogP contribution in [-0.4, -0.2) is 28.2 Å². The topological polar surface area (TPSA) is 89.8 Å². The number of hydrogen-bond acceptors (Lipinski definition) is 4. The first-order valence-electron chi connectivity index (χ1n) is 6.75. The lowest BCUT2D eigenvalue weighted by Crippen LogP contribution is -2.30. The Hall–Kier alpha value is -2.57. The molecular formula is C16H16BNO4. The van der Waals surface area contributed by atoms with Gasteiger partial charge in [-0.05, 0) is 28.7 Å². The molecule has 22 heavy (non-hydrogen) atoms. The minimum atomic E-state index is -1.57.